The SMILES string of the molecule is CN=C(NCc1ccnn1C)N1CC(C)(C)C1(C)C. The number of likely N-dealkylation sites (tertiary alicyclic amines) is 1. The fourth-order valence-corrected chi connectivity index (χ4v) is 2.44. The van der Waals surface area contributed by atoms with E-state index in [-0.39, 0.29) is 5.54 Å². The van der Waals surface area contributed by atoms with Gasteiger partial charge in [-0.2, -0.15) is 5.10 Å². The van der Waals surface area contributed by atoms with Crippen LogP contribution in [0.3, 0.4) is 0 Å². The van der Waals surface area contributed by atoms with Crippen molar-refractivity contribution in [2.24, 2.45) is 17.5 Å². The lowest BCUT2D eigenvalue weighted by Crippen LogP contribution is -2.72. The van der Waals surface area contributed by atoms with E-state index >= 15 is 0 Å². The molecule has 5 heteroatoms. The number of guanidine groups is 1. The van der Waals surface area contributed by atoms with Crippen molar-refractivity contribution in [1.29, 1.82) is 0 Å². The highest BCUT2D eigenvalue weighted by Crippen LogP contribution is 2.46. The van der Waals surface area contributed by atoms with Crippen LogP contribution in [0.25, 0.3) is 0 Å². The highest BCUT2D eigenvalue weighted by Gasteiger charge is 2.53. The Balaban J connectivity index is 2.02. The molecule has 106 valence electrons. The van der Waals surface area contributed by atoms with Crippen molar-refractivity contribution in [2.75, 3.05) is 13.6 Å². The van der Waals surface area contributed by atoms with Crippen molar-refractivity contribution in [3.8, 4) is 0 Å². The molecule has 19 heavy (non-hydrogen) atoms. The van der Waals surface area contributed by atoms with Crippen LogP contribution < -0.4 is 5.32 Å². The lowest BCUT2D eigenvalue weighted by Gasteiger charge is -2.62. The molecule has 2 heterocycles. The van der Waals surface area contributed by atoms with Crippen LogP contribution in [0.15, 0.2) is 17.3 Å². The van der Waals surface area contributed by atoms with Crippen LogP contribution in [0.4, 0.5) is 0 Å². The summed E-state index contributed by atoms with van der Waals surface area (Å²) in [6.45, 7) is 10.9. The van der Waals surface area contributed by atoms with E-state index in [4.69, 9.17) is 0 Å². The molecular formula is C14H25N5. The molecule has 0 spiro atoms. The third-order valence-electron chi connectivity index (χ3n) is 4.70. The van der Waals surface area contributed by atoms with Gasteiger partial charge in [-0.15, -0.1) is 0 Å². The maximum absolute atomic E-state index is 4.40. The molecule has 2 rings (SSSR count). The molecule has 0 unspecified atom stereocenters. The van der Waals surface area contributed by atoms with E-state index in [9.17, 15) is 0 Å². The topological polar surface area (TPSA) is 45.5 Å². The zero-order valence-electron chi connectivity index (χ0n) is 12.9. The third-order valence-corrected chi connectivity index (χ3v) is 4.70. The van der Waals surface area contributed by atoms with E-state index < -0.39 is 0 Å². The number of aryl methyl sites for hydroxylation is 1. The molecule has 1 aliphatic rings. The quantitative estimate of drug-likeness (QED) is 0.651. The Morgan fingerprint density at radius 1 is 1.42 bits per heavy atom. The molecule has 0 atom stereocenters. The monoisotopic (exact) mass is 263 g/mol. The molecule has 5 nitrogen and oxygen atoms in total. The van der Waals surface area contributed by atoms with Gasteiger partial charge in [-0.1, -0.05) is 13.8 Å². The van der Waals surface area contributed by atoms with E-state index in [1.807, 2.05) is 31.0 Å². The number of aromatic nitrogens is 2. The Morgan fingerprint density at radius 3 is 2.53 bits per heavy atom. The predicted octanol–water partition coefficient (Wildman–Crippen LogP) is 1.62. The number of hydrogen-bond acceptors (Lipinski definition) is 2. The summed E-state index contributed by atoms with van der Waals surface area (Å²) >= 11 is 0. The van der Waals surface area contributed by atoms with Crippen LogP contribution in [-0.2, 0) is 13.6 Å². The predicted molar refractivity (Wildman–Crippen MR) is 78.0 cm³/mol. The van der Waals surface area contributed by atoms with Crippen molar-refractivity contribution in [2.45, 2.75) is 39.8 Å². The summed E-state index contributed by atoms with van der Waals surface area (Å²) in [6, 6.07) is 2.02. The Bertz CT molecular complexity index is 484. The molecule has 1 saturated heterocycles. The van der Waals surface area contributed by atoms with Gasteiger partial charge in [-0.05, 0) is 19.9 Å². The zero-order chi connectivity index (χ0) is 14.3. The van der Waals surface area contributed by atoms with Gasteiger partial charge < -0.3 is 10.2 Å². The molecule has 1 aromatic rings. The largest absolute Gasteiger partial charge is 0.351 e. The molecule has 0 saturated carbocycles. The second-order valence-corrected chi connectivity index (χ2v) is 6.38. The maximum atomic E-state index is 4.40. The molecule has 0 amide bonds. The van der Waals surface area contributed by atoms with Crippen molar-refractivity contribution in [3.63, 3.8) is 0 Å². The molecule has 1 N–H and O–H groups in total. The second kappa shape index (κ2) is 4.54. The minimum atomic E-state index is 0.126. The fraction of sp³-hybridized carbons (Fsp3) is 0.714. The molecule has 0 aromatic carbocycles. The summed E-state index contributed by atoms with van der Waals surface area (Å²) in [4.78, 5) is 6.74. The van der Waals surface area contributed by atoms with Crippen LogP contribution >= 0.6 is 0 Å². The van der Waals surface area contributed by atoms with Gasteiger partial charge in [0.05, 0.1) is 12.2 Å². The molecule has 1 fully saturated rings. The van der Waals surface area contributed by atoms with Crippen LogP contribution in [-0.4, -0.2) is 39.8 Å². The Labute approximate surface area is 115 Å². The van der Waals surface area contributed by atoms with Gasteiger partial charge in [0.15, 0.2) is 5.96 Å². The van der Waals surface area contributed by atoms with Crippen molar-refractivity contribution < 1.29 is 0 Å². The van der Waals surface area contributed by atoms with E-state index in [1.54, 1.807) is 0 Å². The first-order valence-electron chi connectivity index (χ1n) is 6.75. The van der Waals surface area contributed by atoms with Crippen molar-refractivity contribution in [3.05, 3.63) is 18.0 Å². The normalized spacial score (nSPS) is 21.2. The van der Waals surface area contributed by atoms with E-state index in [0.29, 0.717) is 5.41 Å². The highest BCUT2D eigenvalue weighted by atomic mass is 15.4. The third kappa shape index (κ3) is 2.22. The van der Waals surface area contributed by atoms with E-state index in [1.165, 1.54) is 0 Å². The van der Waals surface area contributed by atoms with Crippen LogP contribution in [0.1, 0.15) is 33.4 Å². The molecule has 0 aliphatic carbocycles. The second-order valence-electron chi connectivity index (χ2n) is 6.38. The van der Waals surface area contributed by atoms with Crippen LogP contribution in [0.5, 0.6) is 0 Å². The van der Waals surface area contributed by atoms with Gasteiger partial charge in [0.25, 0.3) is 0 Å². The first-order chi connectivity index (χ1) is 8.79. The van der Waals surface area contributed by atoms with Gasteiger partial charge in [0, 0.05) is 37.8 Å². The van der Waals surface area contributed by atoms with Gasteiger partial charge in [-0.25, -0.2) is 0 Å². The molecular weight excluding hydrogens is 238 g/mol. The standard InChI is InChI=1S/C14H25N5/c1-13(2)10-19(14(13,3)4)12(15-5)16-9-11-7-8-17-18(11)6/h7-8H,9-10H2,1-6H3,(H,15,16). The van der Waals surface area contributed by atoms with Crippen LogP contribution in [0.2, 0.25) is 0 Å². The number of nitrogens with zero attached hydrogens (tertiary/aromatic N) is 4. The zero-order valence-corrected chi connectivity index (χ0v) is 12.9. The van der Waals surface area contributed by atoms with Crippen LogP contribution in [0, 0.1) is 5.41 Å². The smallest absolute Gasteiger partial charge is 0.194 e. The average Bonchev–Trinajstić information content (AvgIpc) is 2.74. The number of rotatable bonds is 2. The van der Waals surface area contributed by atoms with Crippen molar-refractivity contribution in [1.82, 2.24) is 20.0 Å². The fourth-order valence-electron chi connectivity index (χ4n) is 2.44. The summed E-state index contributed by atoms with van der Waals surface area (Å²) in [5, 5.41) is 7.60. The summed E-state index contributed by atoms with van der Waals surface area (Å²) in [5.74, 6) is 0.963. The lowest BCUT2D eigenvalue weighted by atomic mass is 9.65. The summed E-state index contributed by atoms with van der Waals surface area (Å²) in [7, 11) is 3.80. The number of nitrogens with one attached hydrogen (secondary N) is 1. The highest BCUT2D eigenvalue weighted by molar-refractivity contribution is 5.81. The van der Waals surface area contributed by atoms with E-state index in [0.717, 1.165) is 24.7 Å². The maximum Gasteiger partial charge on any atom is 0.194 e. The number of hydrogen-bond donors (Lipinski definition) is 1. The van der Waals surface area contributed by atoms with Gasteiger partial charge in [0.1, 0.15) is 0 Å². The Morgan fingerprint density at radius 2 is 2.11 bits per heavy atom. The minimum Gasteiger partial charge on any atom is -0.351 e. The van der Waals surface area contributed by atoms with Gasteiger partial charge in [0.2, 0.25) is 0 Å². The molecule has 0 bridgehead atoms. The first kappa shape index (κ1) is 13.9. The number of aliphatic imine (C=N–C) groups is 1. The summed E-state index contributed by atoms with van der Waals surface area (Å²) in [6.07, 6.45) is 1.82. The minimum absolute atomic E-state index is 0.126. The van der Waals surface area contributed by atoms with Gasteiger partial charge >= 0.3 is 0 Å². The molecule has 0 radical (unpaired) electrons. The summed E-state index contributed by atoms with van der Waals surface area (Å²) < 4.78 is 1.88. The van der Waals surface area contributed by atoms with E-state index in [2.05, 4.69) is 48.0 Å². The summed E-state index contributed by atoms with van der Waals surface area (Å²) in [5.41, 5.74) is 1.59. The first-order valence-corrected chi connectivity index (χ1v) is 6.75. The Hall–Kier alpha value is -1.52. The van der Waals surface area contributed by atoms with Gasteiger partial charge in [-0.3, -0.25) is 9.67 Å². The average molecular weight is 263 g/mol. The van der Waals surface area contributed by atoms with Crippen molar-refractivity contribution >= 4 is 5.96 Å². The molecule has 1 aliphatic heterocycles. The Kier molecular flexibility index (Phi) is 3.32. The lowest BCUT2D eigenvalue weighted by molar-refractivity contribution is -0.0668. The molecule has 1 aromatic heterocycles.